The SMILES string of the molecule is CC(C)(C)c1[nH]ncc1CNCc1ccc(N2CCOCC2)c(F)c1. The van der Waals surface area contributed by atoms with Gasteiger partial charge in [-0.05, 0) is 17.7 Å². The van der Waals surface area contributed by atoms with Crippen LogP contribution in [-0.2, 0) is 23.2 Å². The topological polar surface area (TPSA) is 53.2 Å². The molecule has 0 bridgehead atoms. The predicted octanol–water partition coefficient (Wildman–Crippen LogP) is 2.97. The fraction of sp³-hybridized carbons (Fsp3) is 0.526. The Balaban J connectivity index is 1.59. The number of hydrogen-bond donors (Lipinski definition) is 2. The molecule has 3 rings (SSSR count). The molecular weight excluding hydrogens is 319 g/mol. The lowest BCUT2D eigenvalue weighted by atomic mass is 9.89. The van der Waals surface area contributed by atoms with Gasteiger partial charge in [-0.25, -0.2) is 4.39 Å². The van der Waals surface area contributed by atoms with E-state index < -0.39 is 0 Å². The van der Waals surface area contributed by atoms with E-state index in [1.54, 1.807) is 6.07 Å². The number of nitrogens with zero attached hydrogens (tertiary/aromatic N) is 2. The van der Waals surface area contributed by atoms with Crippen LogP contribution in [0.15, 0.2) is 24.4 Å². The first kappa shape index (κ1) is 17.9. The average molecular weight is 346 g/mol. The van der Waals surface area contributed by atoms with Crippen LogP contribution in [0, 0.1) is 5.82 Å². The van der Waals surface area contributed by atoms with Gasteiger partial charge in [0.25, 0.3) is 0 Å². The van der Waals surface area contributed by atoms with Crippen LogP contribution in [0.3, 0.4) is 0 Å². The van der Waals surface area contributed by atoms with Crippen molar-refractivity contribution in [2.45, 2.75) is 39.3 Å². The van der Waals surface area contributed by atoms with Gasteiger partial charge in [0.1, 0.15) is 5.82 Å². The third kappa shape index (κ3) is 4.38. The Hall–Kier alpha value is -1.92. The summed E-state index contributed by atoms with van der Waals surface area (Å²) in [5, 5.41) is 10.6. The molecule has 1 aromatic heterocycles. The van der Waals surface area contributed by atoms with Gasteiger partial charge in [-0.2, -0.15) is 5.10 Å². The van der Waals surface area contributed by atoms with Crippen molar-refractivity contribution >= 4 is 5.69 Å². The first-order chi connectivity index (χ1) is 11.9. The molecule has 1 fully saturated rings. The van der Waals surface area contributed by atoms with Gasteiger partial charge in [-0.1, -0.05) is 26.8 Å². The number of aromatic amines is 1. The van der Waals surface area contributed by atoms with Gasteiger partial charge in [0.15, 0.2) is 0 Å². The highest BCUT2D eigenvalue weighted by Crippen LogP contribution is 2.24. The Morgan fingerprint density at radius 3 is 2.68 bits per heavy atom. The van der Waals surface area contributed by atoms with Crippen LogP contribution in [0.5, 0.6) is 0 Å². The second kappa shape index (κ2) is 7.54. The van der Waals surface area contributed by atoms with Crippen LogP contribution in [-0.4, -0.2) is 36.5 Å². The Kier molecular flexibility index (Phi) is 5.39. The number of rotatable bonds is 5. The molecule has 6 heteroatoms. The second-order valence-corrected chi connectivity index (χ2v) is 7.51. The van der Waals surface area contributed by atoms with Crippen LogP contribution in [0.4, 0.5) is 10.1 Å². The summed E-state index contributed by atoms with van der Waals surface area (Å²) in [4.78, 5) is 2.04. The number of benzene rings is 1. The number of H-pyrrole nitrogens is 1. The lowest BCUT2D eigenvalue weighted by Gasteiger charge is -2.29. The molecule has 25 heavy (non-hydrogen) atoms. The van der Waals surface area contributed by atoms with E-state index in [2.05, 4.69) is 36.3 Å². The van der Waals surface area contributed by atoms with E-state index in [9.17, 15) is 4.39 Å². The fourth-order valence-electron chi connectivity index (χ4n) is 3.16. The number of hydrogen-bond acceptors (Lipinski definition) is 4. The minimum atomic E-state index is -0.167. The molecule has 0 radical (unpaired) electrons. The number of halogens is 1. The van der Waals surface area contributed by atoms with Gasteiger partial charge in [0.05, 0.1) is 25.1 Å². The lowest BCUT2D eigenvalue weighted by Crippen LogP contribution is -2.36. The van der Waals surface area contributed by atoms with Crippen LogP contribution in [0.1, 0.15) is 37.6 Å². The van der Waals surface area contributed by atoms with Crippen molar-refractivity contribution in [3.63, 3.8) is 0 Å². The fourth-order valence-corrected chi connectivity index (χ4v) is 3.16. The normalized spacial score (nSPS) is 15.6. The molecule has 0 unspecified atom stereocenters. The zero-order valence-electron chi connectivity index (χ0n) is 15.2. The molecule has 1 saturated heterocycles. The third-order valence-corrected chi connectivity index (χ3v) is 4.48. The molecular formula is C19H27FN4O. The monoisotopic (exact) mass is 346 g/mol. The van der Waals surface area contributed by atoms with Crippen LogP contribution in [0.2, 0.25) is 0 Å². The minimum Gasteiger partial charge on any atom is -0.378 e. The van der Waals surface area contributed by atoms with Crippen molar-refractivity contribution in [2.75, 3.05) is 31.2 Å². The van der Waals surface area contributed by atoms with Gasteiger partial charge in [-0.15, -0.1) is 0 Å². The molecule has 1 aliphatic rings. The number of morpholine rings is 1. The van der Waals surface area contributed by atoms with Crippen LogP contribution >= 0.6 is 0 Å². The van der Waals surface area contributed by atoms with Gasteiger partial charge in [0.2, 0.25) is 0 Å². The van der Waals surface area contributed by atoms with Gasteiger partial charge in [-0.3, -0.25) is 5.10 Å². The van der Waals surface area contributed by atoms with E-state index in [4.69, 9.17) is 4.74 Å². The van der Waals surface area contributed by atoms with E-state index in [0.717, 1.165) is 29.9 Å². The maximum absolute atomic E-state index is 14.4. The van der Waals surface area contributed by atoms with E-state index in [1.807, 2.05) is 23.2 Å². The van der Waals surface area contributed by atoms with E-state index in [1.165, 1.54) is 0 Å². The summed E-state index contributed by atoms with van der Waals surface area (Å²) in [6.45, 7) is 10.6. The van der Waals surface area contributed by atoms with Gasteiger partial charge in [0, 0.05) is 42.9 Å². The van der Waals surface area contributed by atoms with Crippen molar-refractivity contribution in [3.8, 4) is 0 Å². The first-order valence-corrected chi connectivity index (χ1v) is 8.80. The van der Waals surface area contributed by atoms with E-state index >= 15 is 0 Å². The number of nitrogens with one attached hydrogen (secondary N) is 2. The molecule has 1 aliphatic heterocycles. The number of ether oxygens (including phenoxy) is 1. The van der Waals surface area contributed by atoms with Crippen LogP contribution in [0.25, 0.3) is 0 Å². The van der Waals surface area contributed by atoms with Gasteiger partial charge >= 0.3 is 0 Å². The summed E-state index contributed by atoms with van der Waals surface area (Å²) in [6, 6.07) is 5.48. The first-order valence-electron chi connectivity index (χ1n) is 8.80. The third-order valence-electron chi connectivity index (χ3n) is 4.48. The summed E-state index contributed by atoms with van der Waals surface area (Å²) in [5.74, 6) is -0.167. The summed E-state index contributed by atoms with van der Waals surface area (Å²) in [7, 11) is 0. The zero-order chi connectivity index (χ0) is 17.9. The molecule has 136 valence electrons. The minimum absolute atomic E-state index is 0.0272. The molecule has 0 atom stereocenters. The molecule has 2 N–H and O–H groups in total. The highest BCUT2D eigenvalue weighted by molar-refractivity contribution is 5.49. The molecule has 2 aromatic rings. The Morgan fingerprint density at radius 1 is 1.24 bits per heavy atom. The maximum Gasteiger partial charge on any atom is 0.146 e. The van der Waals surface area contributed by atoms with Crippen LogP contribution < -0.4 is 10.2 Å². The van der Waals surface area contributed by atoms with Crippen molar-refractivity contribution in [1.82, 2.24) is 15.5 Å². The molecule has 0 saturated carbocycles. The molecule has 0 aliphatic carbocycles. The Bertz CT molecular complexity index is 702. The van der Waals surface area contributed by atoms with Crippen molar-refractivity contribution in [2.24, 2.45) is 0 Å². The number of aromatic nitrogens is 2. The average Bonchev–Trinajstić information content (AvgIpc) is 3.05. The second-order valence-electron chi connectivity index (χ2n) is 7.51. The molecule has 5 nitrogen and oxygen atoms in total. The van der Waals surface area contributed by atoms with E-state index in [-0.39, 0.29) is 11.2 Å². The van der Waals surface area contributed by atoms with Crippen molar-refractivity contribution in [3.05, 3.63) is 47.0 Å². The zero-order valence-corrected chi connectivity index (χ0v) is 15.2. The van der Waals surface area contributed by atoms with E-state index in [0.29, 0.717) is 32.0 Å². The largest absolute Gasteiger partial charge is 0.378 e. The Morgan fingerprint density at radius 2 is 2.00 bits per heavy atom. The molecule has 2 heterocycles. The highest BCUT2D eigenvalue weighted by atomic mass is 19.1. The van der Waals surface area contributed by atoms with Crippen molar-refractivity contribution < 1.29 is 9.13 Å². The predicted molar refractivity (Wildman–Crippen MR) is 97.3 cm³/mol. The smallest absolute Gasteiger partial charge is 0.146 e. The highest BCUT2D eigenvalue weighted by Gasteiger charge is 2.19. The summed E-state index contributed by atoms with van der Waals surface area (Å²) in [5.41, 5.74) is 3.92. The Labute approximate surface area is 148 Å². The lowest BCUT2D eigenvalue weighted by molar-refractivity contribution is 0.122. The summed E-state index contributed by atoms with van der Waals surface area (Å²) in [6.07, 6.45) is 1.86. The quantitative estimate of drug-likeness (QED) is 0.874. The van der Waals surface area contributed by atoms with Gasteiger partial charge < -0.3 is 15.0 Å². The van der Waals surface area contributed by atoms with Crippen molar-refractivity contribution in [1.29, 1.82) is 0 Å². The molecule has 0 amide bonds. The molecule has 1 aromatic carbocycles. The maximum atomic E-state index is 14.4. The summed E-state index contributed by atoms with van der Waals surface area (Å²) < 4.78 is 19.8. The molecule has 0 spiro atoms. The summed E-state index contributed by atoms with van der Waals surface area (Å²) >= 11 is 0. The standard InChI is InChI=1S/C19H27FN4O/c1-19(2,3)18-15(13-22-23-18)12-21-11-14-4-5-17(16(20)10-14)24-6-8-25-9-7-24/h4-5,10,13,21H,6-9,11-12H2,1-3H3,(H,22,23). The number of anilines is 1.